The van der Waals surface area contributed by atoms with Crippen LogP contribution in [0.1, 0.15) is 65.7 Å². The molecule has 17 heavy (non-hydrogen) atoms. The third-order valence-electron chi connectivity index (χ3n) is 4.80. The molecular weight excluding hydrogens is 208 g/mol. The normalized spacial score (nSPS) is 29.3. The van der Waals surface area contributed by atoms with E-state index >= 15 is 0 Å². The molecule has 0 aliphatic heterocycles. The summed E-state index contributed by atoms with van der Waals surface area (Å²) in [6, 6.07) is 0. The Morgan fingerprint density at radius 1 is 1.12 bits per heavy atom. The summed E-state index contributed by atoms with van der Waals surface area (Å²) in [6.07, 6.45) is 9.14. The summed E-state index contributed by atoms with van der Waals surface area (Å²) >= 11 is 0. The minimum atomic E-state index is 0.281. The molecular formula is C15H32N2. The van der Waals surface area contributed by atoms with E-state index < -0.39 is 0 Å². The van der Waals surface area contributed by atoms with Gasteiger partial charge in [-0.05, 0) is 51.1 Å². The second-order valence-corrected chi connectivity index (χ2v) is 6.72. The van der Waals surface area contributed by atoms with E-state index in [1.807, 2.05) is 0 Å². The third-order valence-corrected chi connectivity index (χ3v) is 4.80. The predicted octanol–water partition coefficient (Wildman–Crippen LogP) is 3.41. The molecule has 0 radical (unpaired) electrons. The van der Waals surface area contributed by atoms with Gasteiger partial charge in [-0.3, -0.25) is 4.90 Å². The van der Waals surface area contributed by atoms with E-state index in [0.717, 1.165) is 6.54 Å². The summed E-state index contributed by atoms with van der Waals surface area (Å²) in [4.78, 5) is 2.55. The number of nitrogens with two attached hydrogens (primary N) is 1. The number of unbranched alkanes of at least 4 members (excludes halogenated alkanes) is 1. The fraction of sp³-hybridized carbons (Fsp3) is 1.00. The Balaban J connectivity index is 2.67. The molecule has 2 N–H and O–H groups in total. The third kappa shape index (κ3) is 3.96. The zero-order valence-electron chi connectivity index (χ0n) is 12.4. The number of rotatable bonds is 5. The van der Waals surface area contributed by atoms with Crippen LogP contribution in [0.25, 0.3) is 0 Å². The molecule has 1 rings (SSSR count). The highest BCUT2D eigenvalue weighted by atomic mass is 15.2. The molecule has 0 heterocycles. The topological polar surface area (TPSA) is 29.3 Å². The molecule has 1 saturated carbocycles. The molecule has 0 amide bonds. The molecule has 1 atom stereocenters. The largest absolute Gasteiger partial charge is 0.329 e. The van der Waals surface area contributed by atoms with E-state index in [1.165, 1.54) is 51.5 Å². The molecule has 0 aromatic heterocycles. The van der Waals surface area contributed by atoms with Gasteiger partial charge in [0.15, 0.2) is 0 Å². The van der Waals surface area contributed by atoms with E-state index in [9.17, 15) is 0 Å². The summed E-state index contributed by atoms with van der Waals surface area (Å²) in [5.41, 5.74) is 6.92. The molecule has 1 aliphatic carbocycles. The number of nitrogens with zero attached hydrogens (tertiary/aromatic N) is 1. The van der Waals surface area contributed by atoms with Crippen molar-refractivity contribution >= 4 is 0 Å². The minimum Gasteiger partial charge on any atom is -0.329 e. The Hall–Kier alpha value is -0.0800. The van der Waals surface area contributed by atoms with E-state index in [1.54, 1.807) is 0 Å². The summed E-state index contributed by atoms with van der Waals surface area (Å²) in [6.45, 7) is 9.11. The van der Waals surface area contributed by atoms with Crippen molar-refractivity contribution in [1.82, 2.24) is 4.90 Å². The Morgan fingerprint density at radius 2 is 1.82 bits per heavy atom. The van der Waals surface area contributed by atoms with Crippen LogP contribution in [0.15, 0.2) is 0 Å². The molecule has 1 unspecified atom stereocenters. The smallest absolute Gasteiger partial charge is 0.0328 e. The van der Waals surface area contributed by atoms with E-state index in [-0.39, 0.29) is 5.54 Å². The lowest BCUT2D eigenvalue weighted by Crippen LogP contribution is -2.52. The highest BCUT2D eigenvalue weighted by Gasteiger charge is 2.37. The van der Waals surface area contributed by atoms with Gasteiger partial charge < -0.3 is 5.73 Å². The molecule has 2 heteroatoms. The highest BCUT2D eigenvalue weighted by molar-refractivity contribution is 4.94. The van der Waals surface area contributed by atoms with Crippen LogP contribution < -0.4 is 5.73 Å². The van der Waals surface area contributed by atoms with Crippen molar-refractivity contribution in [3.05, 3.63) is 0 Å². The van der Waals surface area contributed by atoms with E-state index in [4.69, 9.17) is 5.73 Å². The summed E-state index contributed by atoms with van der Waals surface area (Å²) in [5, 5.41) is 0. The maximum absolute atomic E-state index is 6.13. The van der Waals surface area contributed by atoms with Crippen molar-refractivity contribution in [2.75, 3.05) is 20.1 Å². The van der Waals surface area contributed by atoms with Gasteiger partial charge in [-0.1, -0.05) is 33.6 Å². The van der Waals surface area contributed by atoms with Gasteiger partial charge in [-0.2, -0.15) is 0 Å². The predicted molar refractivity (Wildman–Crippen MR) is 76.2 cm³/mol. The van der Waals surface area contributed by atoms with Crippen LogP contribution >= 0.6 is 0 Å². The van der Waals surface area contributed by atoms with Crippen molar-refractivity contribution < 1.29 is 0 Å². The Bertz CT molecular complexity index is 225. The first-order chi connectivity index (χ1) is 7.96. The Labute approximate surface area is 108 Å². The van der Waals surface area contributed by atoms with Gasteiger partial charge in [-0.25, -0.2) is 0 Å². The van der Waals surface area contributed by atoms with E-state index in [0.29, 0.717) is 5.41 Å². The minimum absolute atomic E-state index is 0.281. The molecule has 1 aliphatic rings. The lowest BCUT2D eigenvalue weighted by molar-refractivity contribution is 0.102. The molecule has 0 bridgehead atoms. The van der Waals surface area contributed by atoms with Gasteiger partial charge in [0.1, 0.15) is 0 Å². The first kappa shape index (κ1) is 15.0. The van der Waals surface area contributed by atoms with Gasteiger partial charge in [0.25, 0.3) is 0 Å². The van der Waals surface area contributed by atoms with Gasteiger partial charge in [-0.15, -0.1) is 0 Å². The fourth-order valence-corrected chi connectivity index (χ4v) is 3.09. The van der Waals surface area contributed by atoms with Crippen molar-refractivity contribution in [2.45, 2.75) is 71.3 Å². The molecule has 102 valence electrons. The van der Waals surface area contributed by atoms with Crippen LogP contribution in [0, 0.1) is 5.41 Å². The van der Waals surface area contributed by atoms with Crippen molar-refractivity contribution in [1.29, 1.82) is 0 Å². The van der Waals surface area contributed by atoms with Crippen LogP contribution in [0.4, 0.5) is 0 Å². The monoisotopic (exact) mass is 240 g/mol. The number of hydrogen-bond donors (Lipinski definition) is 1. The zero-order valence-corrected chi connectivity index (χ0v) is 12.4. The standard InChI is InChI=1S/C15H32N2/c1-5-6-12-17(4)15(13-16)9-7-8-14(2,3)10-11-15/h5-13,16H2,1-4H3. The van der Waals surface area contributed by atoms with Gasteiger partial charge in [0.05, 0.1) is 0 Å². The number of likely N-dealkylation sites (N-methyl/N-ethyl adjacent to an activating group) is 1. The zero-order chi connectivity index (χ0) is 12.9. The quantitative estimate of drug-likeness (QED) is 0.746. The SMILES string of the molecule is CCCCN(C)C1(CN)CCCC(C)(C)CC1. The molecule has 0 saturated heterocycles. The second-order valence-electron chi connectivity index (χ2n) is 6.72. The van der Waals surface area contributed by atoms with Crippen molar-refractivity contribution in [3.63, 3.8) is 0 Å². The van der Waals surface area contributed by atoms with Crippen LogP contribution in [0.5, 0.6) is 0 Å². The van der Waals surface area contributed by atoms with Gasteiger partial charge in [0, 0.05) is 12.1 Å². The molecule has 0 spiro atoms. The second kappa shape index (κ2) is 6.19. The fourth-order valence-electron chi connectivity index (χ4n) is 3.09. The average Bonchev–Trinajstić information content (AvgIpc) is 2.45. The highest BCUT2D eigenvalue weighted by Crippen LogP contribution is 2.40. The van der Waals surface area contributed by atoms with Crippen molar-refractivity contribution in [2.24, 2.45) is 11.1 Å². The first-order valence-corrected chi connectivity index (χ1v) is 7.37. The molecule has 1 fully saturated rings. The Kier molecular flexibility index (Phi) is 5.46. The average molecular weight is 240 g/mol. The summed E-state index contributed by atoms with van der Waals surface area (Å²) in [5.74, 6) is 0. The molecule has 0 aromatic carbocycles. The summed E-state index contributed by atoms with van der Waals surface area (Å²) in [7, 11) is 2.28. The number of hydrogen-bond acceptors (Lipinski definition) is 2. The van der Waals surface area contributed by atoms with Crippen LogP contribution in [0.3, 0.4) is 0 Å². The first-order valence-electron chi connectivity index (χ1n) is 7.37. The van der Waals surface area contributed by atoms with Gasteiger partial charge in [0.2, 0.25) is 0 Å². The van der Waals surface area contributed by atoms with Crippen LogP contribution in [-0.2, 0) is 0 Å². The maximum Gasteiger partial charge on any atom is 0.0328 e. The van der Waals surface area contributed by atoms with Crippen LogP contribution in [0.2, 0.25) is 0 Å². The maximum atomic E-state index is 6.13. The molecule has 0 aromatic rings. The lowest BCUT2D eigenvalue weighted by Gasteiger charge is -2.41. The molecule has 2 nitrogen and oxygen atoms in total. The Morgan fingerprint density at radius 3 is 2.41 bits per heavy atom. The lowest BCUT2D eigenvalue weighted by atomic mass is 9.83. The van der Waals surface area contributed by atoms with E-state index in [2.05, 4.69) is 32.7 Å². The summed E-state index contributed by atoms with van der Waals surface area (Å²) < 4.78 is 0. The van der Waals surface area contributed by atoms with Crippen molar-refractivity contribution in [3.8, 4) is 0 Å². The van der Waals surface area contributed by atoms with Crippen LogP contribution in [-0.4, -0.2) is 30.6 Å². The van der Waals surface area contributed by atoms with Gasteiger partial charge >= 0.3 is 0 Å².